The van der Waals surface area contributed by atoms with Crippen LogP contribution in [0, 0.1) is 0 Å². The zero-order chi connectivity index (χ0) is 15.4. The highest BCUT2D eigenvalue weighted by Crippen LogP contribution is 2.22. The Morgan fingerprint density at radius 3 is 2.68 bits per heavy atom. The zero-order valence-corrected chi connectivity index (χ0v) is 12.9. The number of aryl methyl sites for hydroxylation is 1. The molecule has 0 saturated heterocycles. The van der Waals surface area contributed by atoms with Crippen LogP contribution < -0.4 is 5.32 Å². The lowest BCUT2D eigenvalue weighted by Crippen LogP contribution is -1.94. The van der Waals surface area contributed by atoms with Crippen LogP contribution in [0.4, 0.5) is 11.6 Å². The lowest BCUT2D eigenvalue weighted by molar-refractivity contribution is 0.922. The molecule has 1 aromatic carbocycles. The Labute approximate surface area is 133 Å². The molecule has 3 rings (SSSR count). The first-order valence-corrected chi connectivity index (χ1v) is 7.52. The molecule has 2 heterocycles. The number of rotatable bonds is 5. The van der Waals surface area contributed by atoms with Gasteiger partial charge in [-0.25, -0.2) is 9.97 Å². The molecule has 0 saturated carbocycles. The topological polar surface area (TPSA) is 66.5 Å². The molecule has 0 spiro atoms. The second-order valence-corrected chi connectivity index (χ2v) is 5.29. The van der Waals surface area contributed by atoms with Crippen LogP contribution in [-0.2, 0) is 6.42 Å². The van der Waals surface area contributed by atoms with E-state index in [1.165, 1.54) is 5.56 Å². The van der Waals surface area contributed by atoms with E-state index in [-0.39, 0.29) is 5.28 Å². The van der Waals surface area contributed by atoms with Crippen LogP contribution in [0.1, 0.15) is 18.9 Å². The van der Waals surface area contributed by atoms with Crippen molar-refractivity contribution in [3.05, 3.63) is 53.4 Å². The highest BCUT2D eigenvalue weighted by Gasteiger charge is 2.05. The van der Waals surface area contributed by atoms with Crippen molar-refractivity contribution in [3.8, 4) is 11.3 Å². The summed E-state index contributed by atoms with van der Waals surface area (Å²) in [5.74, 6) is 1.29. The number of aromatic amines is 1. The molecule has 3 aromatic rings. The van der Waals surface area contributed by atoms with Gasteiger partial charge in [-0.1, -0.05) is 37.6 Å². The average Bonchev–Trinajstić information content (AvgIpc) is 2.97. The van der Waals surface area contributed by atoms with Crippen LogP contribution in [0.25, 0.3) is 11.3 Å². The number of aromatic nitrogens is 4. The van der Waals surface area contributed by atoms with Gasteiger partial charge < -0.3 is 5.32 Å². The number of H-pyrrole nitrogens is 1. The van der Waals surface area contributed by atoms with Gasteiger partial charge in [0.25, 0.3) is 0 Å². The maximum atomic E-state index is 5.76. The summed E-state index contributed by atoms with van der Waals surface area (Å²) in [4.78, 5) is 7.92. The first-order chi connectivity index (χ1) is 10.7. The Hall–Kier alpha value is -2.40. The Morgan fingerprint density at radius 1 is 1.14 bits per heavy atom. The molecule has 22 heavy (non-hydrogen) atoms. The molecule has 6 heteroatoms. The van der Waals surface area contributed by atoms with Gasteiger partial charge in [-0.2, -0.15) is 5.10 Å². The minimum Gasteiger partial charge on any atom is -0.323 e. The van der Waals surface area contributed by atoms with Crippen molar-refractivity contribution < 1.29 is 0 Å². The predicted octanol–water partition coefficient (Wildman–Crippen LogP) is 4.22. The van der Waals surface area contributed by atoms with E-state index in [0.29, 0.717) is 11.6 Å². The quantitative estimate of drug-likeness (QED) is 0.692. The summed E-state index contributed by atoms with van der Waals surface area (Å²) in [7, 11) is 0. The van der Waals surface area contributed by atoms with E-state index in [1.807, 2.05) is 6.07 Å². The SMILES string of the molecule is CCCc1ccc(-c2cc(Nc3ccnc(Cl)n3)n[nH]2)cc1. The van der Waals surface area contributed by atoms with Crippen LogP contribution in [0.15, 0.2) is 42.6 Å². The van der Waals surface area contributed by atoms with Gasteiger partial charge in [0.15, 0.2) is 5.82 Å². The van der Waals surface area contributed by atoms with Gasteiger partial charge in [-0.05, 0) is 35.2 Å². The smallest absolute Gasteiger partial charge is 0.224 e. The Balaban J connectivity index is 1.75. The molecule has 0 amide bonds. The molecule has 0 unspecified atom stereocenters. The summed E-state index contributed by atoms with van der Waals surface area (Å²) in [6.07, 6.45) is 3.85. The fourth-order valence-corrected chi connectivity index (χ4v) is 2.36. The highest BCUT2D eigenvalue weighted by molar-refractivity contribution is 6.28. The minimum atomic E-state index is 0.201. The summed E-state index contributed by atoms with van der Waals surface area (Å²) in [6, 6.07) is 12.2. The number of hydrogen-bond acceptors (Lipinski definition) is 4. The lowest BCUT2D eigenvalue weighted by Gasteiger charge is -2.01. The third-order valence-corrected chi connectivity index (χ3v) is 3.45. The van der Waals surface area contributed by atoms with Crippen molar-refractivity contribution >= 4 is 23.2 Å². The van der Waals surface area contributed by atoms with Crippen LogP contribution in [0.3, 0.4) is 0 Å². The van der Waals surface area contributed by atoms with Crippen LogP contribution in [0.2, 0.25) is 5.28 Å². The summed E-state index contributed by atoms with van der Waals surface area (Å²) in [5, 5.41) is 10.5. The maximum absolute atomic E-state index is 5.76. The zero-order valence-electron chi connectivity index (χ0n) is 12.2. The molecule has 0 aliphatic carbocycles. The van der Waals surface area contributed by atoms with E-state index < -0.39 is 0 Å². The summed E-state index contributed by atoms with van der Waals surface area (Å²) in [5.41, 5.74) is 3.39. The van der Waals surface area contributed by atoms with E-state index in [9.17, 15) is 0 Å². The predicted molar refractivity (Wildman–Crippen MR) is 88.3 cm³/mol. The van der Waals surface area contributed by atoms with Gasteiger partial charge in [-0.15, -0.1) is 0 Å². The monoisotopic (exact) mass is 313 g/mol. The molecule has 2 N–H and O–H groups in total. The number of nitrogens with one attached hydrogen (secondary N) is 2. The van der Waals surface area contributed by atoms with Gasteiger partial charge in [0.05, 0.1) is 5.69 Å². The summed E-state index contributed by atoms with van der Waals surface area (Å²) < 4.78 is 0. The number of halogens is 1. The lowest BCUT2D eigenvalue weighted by atomic mass is 10.1. The van der Waals surface area contributed by atoms with Gasteiger partial charge in [0, 0.05) is 12.3 Å². The third-order valence-electron chi connectivity index (χ3n) is 3.26. The summed E-state index contributed by atoms with van der Waals surface area (Å²) in [6.45, 7) is 2.18. The van der Waals surface area contributed by atoms with Gasteiger partial charge in [0.1, 0.15) is 5.82 Å². The van der Waals surface area contributed by atoms with Crippen molar-refractivity contribution in [2.75, 3.05) is 5.32 Å². The summed E-state index contributed by atoms with van der Waals surface area (Å²) >= 11 is 5.76. The first kappa shape index (κ1) is 14.5. The van der Waals surface area contributed by atoms with E-state index in [2.05, 4.69) is 56.7 Å². The van der Waals surface area contributed by atoms with Gasteiger partial charge in [-0.3, -0.25) is 5.10 Å². The second kappa shape index (κ2) is 6.58. The van der Waals surface area contributed by atoms with Crippen LogP contribution in [-0.4, -0.2) is 20.2 Å². The Bertz CT molecular complexity index is 751. The van der Waals surface area contributed by atoms with Crippen molar-refractivity contribution in [2.24, 2.45) is 0 Å². The van der Waals surface area contributed by atoms with E-state index in [0.717, 1.165) is 24.1 Å². The van der Waals surface area contributed by atoms with E-state index in [1.54, 1.807) is 12.3 Å². The molecule has 2 aromatic heterocycles. The molecule has 0 aliphatic rings. The van der Waals surface area contributed by atoms with Gasteiger partial charge >= 0.3 is 0 Å². The molecule has 0 radical (unpaired) electrons. The average molecular weight is 314 g/mol. The first-order valence-electron chi connectivity index (χ1n) is 7.15. The molecule has 112 valence electrons. The Kier molecular flexibility index (Phi) is 4.34. The molecule has 5 nitrogen and oxygen atoms in total. The van der Waals surface area contributed by atoms with Crippen LogP contribution >= 0.6 is 11.6 Å². The van der Waals surface area contributed by atoms with E-state index >= 15 is 0 Å². The standard InChI is InChI=1S/C16H16ClN5/c1-2-3-11-4-6-12(7-5-11)13-10-15(22-21-13)19-14-8-9-18-16(17)20-14/h4-10H,2-3H2,1H3,(H2,18,19,20,21,22). The van der Waals surface area contributed by atoms with Crippen molar-refractivity contribution in [1.82, 2.24) is 20.2 Å². The fraction of sp³-hybridized carbons (Fsp3) is 0.188. The number of benzene rings is 1. The van der Waals surface area contributed by atoms with Crippen molar-refractivity contribution in [3.63, 3.8) is 0 Å². The number of nitrogens with zero attached hydrogens (tertiary/aromatic N) is 3. The molecule has 0 fully saturated rings. The molecule has 0 bridgehead atoms. The minimum absolute atomic E-state index is 0.201. The highest BCUT2D eigenvalue weighted by atomic mass is 35.5. The van der Waals surface area contributed by atoms with E-state index in [4.69, 9.17) is 11.6 Å². The molecular weight excluding hydrogens is 298 g/mol. The van der Waals surface area contributed by atoms with Crippen molar-refractivity contribution in [1.29, 1.82) is 0 Å². The maximum Gasteiger partial charge on any atom is 0.224 e. The second-order valence-electron chi connectivity index (χ2n) is 4.95. The van der Waals surface area contributed by atoms with Gasteiger partial charge in [0.2, 0.25) is 5.28 Å². The van der Waals surface area contributed by atoms with Crippen molar-refractivity contribution in [2.45, 2.75) is 19.8 Å². The number of hydrogen-bond donors (Lipinski definition) is 2. The molecular formula is C16H16ClN5. The normalized spacial score (nSPS) is 10.6. The third kappa shape index (κ3) is 3.43. The largest absolute Gasteiger partial charge is 0.323 e. The van der Waals surface area contributed by atoms with Crippen LogP contribution in [0.5, 0.6) is 0 Å². The Morgan fingerprint density at radius 2 is 1.95 bits per heavy atom. The molecule has 0 atom stereocenters. The molecule has 0 aliphatic heterocycles. The fourth-order valence-electron chi connectivity index (χ4n) is 2.21. The number of anilines is 2.